The summed E-state index contributed by atoms with van der Waals surface area (Å²) in [6.07, 6.45) is 4.31. The molecule has 0 spiro atoms. The van der Waals surface area contributed by atoms with Crippen LogP contribution in [0.3, 0.4) is 0 Å². The highest BCUT2D eigenvalue weighted by Gasteiger charge is 2.48. The maximum Gasteiger partial charge on any atom is 0.308 e. The fourth-order valence-corrected chi connectivity index (χ4v) is 3.28. The SMILES string of the molecule is CN(C)CCCN1C2CCC1C(C(=O)O)C2. The van der Waals surface area contributed by atoms with Gasteiger partial charge in [-0.15, -0.1) is 0 Å². The van der Waals surface area contributed by atoms with Crippen LogP contribution in [-0.4, -0.2) is 60.1 Å². The number of carbonyl (C=O) groups is 1. The first-order chi connectivity index (χ1) is 7.59. The van der Waals surface area contributed by atoms with Crippen molar-refractivity contribution in [2.45, 2.75) is 37.8 Å². The van der Waals surface area contributed by atoms with Crippen molar-refractivity contribution in [1.82, 2.24) is 9.80 Å². The Morgan fingerprint density at radius 2 is 2.19 bits per heavy atom. The molecule has 3 unspecified atom stereocenters. The molecule has 1 N–H and O–H groups in total. The molecule has 16 heavy (non-hydrogen) atoms. The summed E-state index contributed by atoms with van der Waals surface area (Å²) in [6.45, 7) is 2.16. The van der Waals surface area contributed by atoms with Gasteiger partial charge in [0.1, 0.15) is 0 Å². The highest BCUT2D eigenvalue weighted by atomic mass is 16.4. The van der Waals surface area contributed by atoms with E-state index in [4.69, 9.17) is 5.11 Å². The summed E-state index contributed by atoms with van der Waals surface area (Å²) in [4.78, 5) is 15.7. The van der Waals surface area contributed by atoms with Crippen molar-refractivity contribution in [2.24, 2.45) is 5.92 Å². The number of fused-ring (bicyclic) bond motifs is 2. The van der Waals surface area contributed by atoms with E-state index in [2.05, 4.69) is 23.9 Å². The molecule has 0 radical (unpaired) electrons. The molecule has 2 fully saturated rings. The molecular weight excluding hydrogens is 204 g/mol. The maximum atomic E-state index is 11.1. The van der Waals surface area contributed by atoms with Crippen molar-refractivity contribution in [2.75, 3.05) is 27.2 Å². The summed E-state index contributed by atoms with van der Waals surface area (Å²) in [7, 11) is 4.16. The summed E-state index contributed by atoms with van der Waals surface area (Å²) < 4.78 is 0. The first kappa shape index (κ1) is 11.9. The molecule has 0 aromatic carbocycles. The molecule has 4 heteroatoms. The third-order valence-corrected chi connectivity index (χ3v) is 4.02. The zero-order valence-electron chi connectivity index (χ0n) is 10.2. The molecule has 2 aliphatic heterocycles. The summed E-state index contributed by atoms with van der Waals surface area (Å²) >= 11 is 0. The first-order valence-electron chi connectivity index (χ1n) is 6.23. The Balaban J connectivity index is 1.85. The standard InChI is InChI=1S/C12H22N2O2/c1-13(2)6-3-7-14-9-4-5-11(14)10(8-9)12(15)16/h9-11H,3-8H2,1-2H3,(H,15,16). The van der Waals surface area contributed by atoms with E-state index in [0.29, 0.717) is 12.1 Å². The van der Waals surface area contributed by atoms with Gasteiger partial charge in [-0.2, -0.15) is 0 Å². The largest absolute Gasteiger partial charge is 0.481 e. The van der Waals surface area contributed by atoms with E-state index in [-0.39, 0.29) is 5.92 Å². The molecule has 0 aromatic heterocycles. The van der Waals surface area contributed by atoms with Crippen molar-refractivity contribution >= 4 is 5.97 Å². The number of hydrogen-bond donors (Lipinski definition) is 1. The highest BCUT2D eigenvalue weighted by molar-refractivity contribution is 5.71. The van der Waals surface area contributed by atoms with Crippen LogP contribution in [0.25, 0.3) is 0 Å². The lowest BCUT2D eigenvalue weighted by atomic mass is 9.89. The molecule has 2 rings (SSSR count). The number of hydrogen-bond acceptors (Lipinski definition) is 3. The Kier molecular flexibility index (Phi) is 3.50. The molecule has 0 amide bonds. The third-order valence-electron chi connectivity index (χ3n) is 4.02. The van der Waals surface area contributed by atoms with Crippen molar-refractivity contribution < 1.29 is 9.90 Å². The number of carboxylic acids is 1. The summed E-state index contributed by atoms with van der Waals surface area (Å²) in [5, 5.41) is 9.13. The van der Waals surface area contributed by atoms with E-state index in [1.165, 1.54) is 6.42 Å². The number of nitrogens with zero attached hydrogens (tertiary/aromatic N) is 2. The van der Waals surface area contributed by atoms with E-state index in [1.807, 2.05) is 0 Å². The minimum Gasteiger partial charge on any atom is -0.481 e. The smallest absolute Gasteiger partial charge is 0.308 e. The van der Waals surface area contributed by atoms with Crippen molar-refractivity contribution in [3.8, 4) is 0 Å². The van der Waals surface area contributed by atoms with Crippen LogP contribution in [0.5, 0.6) is 0 Å². The topological polar surface area (TPSA) is 43.8 Å². The number of aliphatic carboxylic acids is 1. The van der Waals surface area contributed by atoms with Gasteiger partial charge in [0, 0.05) is 12.1 Å². The second-order valence-corrected chi connectivity index (χ2v) is 5.37. The third kappa shape index (κ3) is 2.23. The van der Waals surface area contributed by atoms with Gasteiger partial charge in [-0.3, -0.25) is 9.69 Å². The average molecular weight is 226 g/mol. The monoisotopic (exact) mass is 226 g/mol. The molecule has 2 saturated heterocycles. The summed E-state index contributed by atoms with van der Waals surface area (Å²) in [6, 6.07) is 0.873. The highest BCUT2D eigenvalue weighted by Crippen LogP contribution is 2.41. The Morgan fingerprint density at radius 1 is 1.44 bits per heavy atom. The van der Waals surface area contributed by atoms with E-state index in [0.717, 1.165) is 32.4 Å². The Bertz CT molecular complexity index is 268. The van der Waals surface area contributed by atoms with Crippen LogP contribution in [0.1, 0.15) is 25.7 Å². The van der Waals surface area contributed by atoms with E-state index in [1.54, 1.807) is 0 Å². The second kappa shape index (κ2) is 4.72. The van der Waals surface area contributed by atoms with Gasteiger partial charge in [-0.1, -0.05) is 0 Å². The molecule has 2 heterocycles. The lowest BCUT2D eigenvalue weighted by Crippen LogP contribution is -2.34. The minimum atomic E-state index is -0.593. The minimum absolute atomic E-state index is 0.0990. The Labute approximate surface area is 97.2 Å². The molecule has 2 aliphatic rings. The van der Waals surface area contributed by atoms with Crippen LogP contribution >= 0.6 is 0 Å². The lowest BCUT2D eigenvalue weighted by Gasteiger charge is -2.23. The predicted octanol–water partition coefficient (Wildman–Crippen LogP) is 0.876. The zero-order valence-corrected chi connectivity index (χ0v) is 10.2. The number of carboxylic acid groups (broad SMARTS) is 1. The van der Waals surface area contributed by atoms with Crippen LogP contribution in [0, 0.1) is 5.92 Å². The Hall–Kier alpha value is -0.610. The molecule has 0 aliphatic carbocycles. The molecular formula is C12H22N2O2. The van der Waals surface area contributed by atoms with E-state index >= 15 is 0 Å². The molecule has 0 aromatic rings. The van der Waals surface area contributed by atoms with E-state index in [9.17, 15) is 4.79 Å². The van der Waals surface area contributed by atoms with Gasteiger partial charge in [0.2, 0.25) is 0 Å². The maximum absolute atomic E-state index is 11.1. The van der Waals surface area contributed by atoms with Gasteiger partial charge in [-0.05, 0) is 52.9 Å². The van der Waals surface area contributed by atoms with Crippen LogP contribution in [0.15, 0.2) is 0 Å². The zero-order chi connectivity index (χ0) is 11.7. The van der Waals surface area contributed by atoms with Gasteiger partial charge in [0.25, 0.3) is 0 Å². The first-order valence-corrected chi connectivity index (χ1v) is 6.23. The van der Waals surface area contributed by atoms with Gasteiger partial charge in [-0.25, -0.2) is 0 Å². The number of rotatable bonds is 5. The fourth-order valence-electron chi connectivity index (χ4n) is 3.28. The molecule has 0 saturated carbocycles. The van der Waals surface area contributed by atoms with Crippen LogP contribution in [0.4, 0.5) is 0 Å². The molecule has 92 valence electrons. The average Bonchev–Trinajstić information content (AvgIpc) is 2.74. The van der Waals surface area contributed by atoms with E-state index < -0.39 is 5.97 Å². The van der Waals surface area contributed by atoms with Crippen molar-refractivity contribution in [3.05, 3.63) is 0 Å². The van der Waals surface area contributed by atoms with Gasteiger partial charge >= 0.3 is 5.97 Å². The van der Waals surface area contributed by atoms with Crippen molar-refractivity contribution in [1.29, 1.82) is 0 Å². The summed E-state index contributed by atoms with van der Waals surface area (Å²) in [5.74, 6) is -0.692. The van der Waals surface area contributed by atoms with Crippen LogP contribution < -0.4 is 0 Å². The van der Waals surface area contributed by atoms with Gasteiger partial charge < -0.3 is 10.0 Å². The van der Waals surface area contributed by atoms with Crippen LogP contribution in [0.2, 0.25) is 0 Å². The fraction of sp³-hybridized carbons (Fsp3) is 0.917. The van der Waals surface area contributed by atoms with Gasteiger partial charge in [0.15, 0.2) is 0 Å². The quantitative estimate of drug-likeness (QED) is 0.755. The summed E-state index contributed by atoms with van der Waals surface area (Å²) in [5.41, 5.74) is 0. The normalized spacial score (nSPS) is 33.8. The van der Waals surface area contributed by atoms with Gasteiger partial charge in [0.05, 0.1) is 5.92 Å². The predicted molar refractivity (Wildman–Crippen MR) is 62.4 cm³/mol. The second-order valence-electron chi connectivity index (χ2n) is 5.37. The van der Waals surface area contributed by atoms with Crippen LogP contribution in [-0.2, 0) is 4.79 Å². The molecule has 2 bridgehead atoms. The Morgan fingerprint density at radius 3 is 2.75 bits per heavy atom. The lowest BCUT2D eigenvalue weighted by molar-refractivity contribution is -0.142. The van der Waals surface area contributed by atoms with Crippen molar-refractivity contribution in [3.63, 3.8) is 0 Å². The molecule has 4 nitrogen and oxygen atoms in total. The molecule has 3 atom stereocenters.